The van der Waals surface area contributed by atoms with Gasteiger partial charge in [-0.05, 0) is 0 Å². The summed E-state index contributed by atoms with van der Waals surface area (Å²) in [7, 11) is 0. The van der Waals surface area contributed by atoms with Gasteiger partial charge in [-0.2, -0.15) is 0 Å². The normalized spacial score (nSPS) is 9.91. The average Bonchev–Trinajstić information content (AvgIpc) is 1.98. The van der Waals surface area contributed by atoms with E-state index in [-0.39, 0.29) is 5.69 Å². The van der Waals surface area contributed by atoms with Crippen molar-refractivity contribution in [3.63, 3.8) is 0 Å². The Hall–Kier alpha value is -1.65. The summed E-state index contributed by atoms with van der Waals surface area (Å²) in [5.74, 6) is -1.15. The first-order valence-corrected chi connectivity index (χ1v) is 2.84. The third kappa shape index (κ3) is 1.000. The van der Waals surface area contributed by atoms with Gasteiger partial charge in [-0.3, -0.25) is 14.4 Å². The molecular weight excluding hydrogens is 150 g/mol. The van der Waals surface area contributed by atoms with Crippen molar-refractivity contribution in [3.05, 3.63) is 20.4 Å². The number of rotatable bonds is 1. The maximum atomic E-state index is 10.5. The third-order valence-corrected chi connectivity index (χ3v) is 1.19. The van der Waals surface area contributed by atoms with E-state index in [4.69, 9.17) is 5.11 Å². The van der Waals surface area contributed by atoms with Crippen molar-refractivity contribution in [1.29, 1.82) is 0 Å². The summed E-state index contributed by atoms with van der Waals surface area (Å²) in [6.07, 6.45) is 0. The zero-order valence-corrected chi connectivity index (χ0v) is 5.67. The number of nitrogens with one attached hydrogen (secondary N) is 1. The van der Waals surface area contributed by atoms with Gasteiger partial charge in [-0.15, -0.1) is 0 Å². The fourth-order valence-corrected chi connectivity index (χ4v) is 0.672. The van der Waals surface area contributed by atoms with Crippen molar-refractivity contribution in [2.24, 2.45) is 0 Å². The minimum absolute atomic E-state index is 0.303. The van der Waals surface area contributed by atoms with E-state index < -0.39 is 22.5 Å². The molecule has 0 radical (unpaired) electrons. The highest BCUT2D eigenvalue weighted by molar-refractivity contribution is 5.91. The lowest BCUT2D eigenvalue weighted by molar-refractivity contribution is -0.114. The Morgan fingerprint density at radius 1 is 1.36 bits per heavy atom. The quantitative estimate of drug-likeness (QED) is 0.506. The van der Waals surface area contributed by atoms with E-state index in [1.54, 1.807) is 0 Å². The largest absolute Gasteiger partial charge is 0.502 e. The fourth-order valence-electron chi connectivity index (χ4n) is 0.672. The lowest BCUT2D eigenvalue weighted by Gasteiger charge is -2.03. The molecule has 58 valence electrons. The van der Waals surface area contributed by atoms with Crippen molar-refractivity contribution >= 4 is 11.6 Å². The summed E-state index contributed by atoms with van der Waals surface area (Å²) >= 11 is 0. The van der Waals surface area contributed by atoms with Crippen LogP contribution in [0.25, 0.3) is 0 Å². The zero-order valence-electron chi connectivity index (χ0n) is 5.67. The molecule has 0 fully saturated rings. The molecule has 1 rings (SSSR count). The number of carbonyl (C=O) groups is 1. The van der Waals surface area contributed by atoms with Gasteiger partial charge >= 0.3 is 0 Å². The minimum Gasteiger partial charge on any atom is -0.502 e. The van der Waals surface area contributed by atoms with Crippen LogP contribution in [0.2, 0.25) is 0 Å². The first-order chi connectivity index (χ1) is 5.04. The Balaban J connectivity index is 3.00. The minimum atomic E-state index is -0.950. The van der Waals surface area contributed by atoms with Crippen LogP contribution < -0.4 is 16.2 Å². The molecule has 0 saturated carbocycles. The fraction of sp³-hybridized carbons (Fsp3) is 0.167. The second-order valence-corrected chi connectivity index (χ2v) is 2.06. The van der Waals surface area contributed by atoms with Crippen LogP contribution >= 0.6 is 0 Å². The maximum absolute atomic E-state index is 10.5. The first kappa shape index (κ1) is 7.46. The van der Waals surface area contributed by atoms with E-state index in [0.29, 0.717) is 0 Å². The molecule has 0 spiro atoms. The summed E-state index contributed by atoms with van der Waals surface area (Å²) in [5.41, 5.74) is -2.10. The van der Waals surface area contributed by atoms with Crippen LogP contribution in [0.3, 0.4) is 0 Å². The lowest BCUT2D eigenvalue weighted by atomic mass is 10.2. The van der Waals surface area contributed by atoms with Crippen molar-refractivity contribution in [2.45, 2.75) is 6.92 Å². The van der Waals surface area contributed by atoms with Gasteiger partial charge in [0.15, 0.2) is 5.75 Å². The molecule has 0 heterocycles. The summed E-state index contributed by atoms with van der Waals surface area (Å²) in [5, 5.41) is 10.7. The molecule has 0 aliphatic carbocycles. The molecule has 0 bridgehead atoms. The van der Waals surface area contributed by atoms with E-state index in [2.05, 4.69) is 0 Å². The number of hydrogen-bond donors (Lipinski definition) is 2. The Bertz CT molecular complexity index is 372. The predicted molar refractivity (Wildman–Crippen MR) is 37.3 cm³/mol. The summed E-state index contributed by atoms with van der Waals surface area (Å²) in [6, 6.07) is 0. The SMILES string of the molecule is CC(=O)Nc1c(O)c(=O)c1=O. The molecule has 5 heteroatoms. The number of anilines is 1. The molecule has 1 aromatic rings. The zero-order chi connectivity index (χ0) is 8.59. The van der Waals surface area contributed by atoms with Crippen LogP contribution in [0.4, 0.5) is 5.69 Å². The molecule has 0 unspecified atom stereocenters. The monoisotopic (exact) mass is 155 g/mol. The van der Waals surface area contributed by atoms with Gasteiger partial charge in [0.1, 0.15) is 5.69 Å². The molecule has 1 aromatic carbocycles. The van der Waals surface area contributed by atoms with E-state index in [0.717, 1.165) is 0 Å². The van der Waals surface area contributed by atoms with Crippen LogP contribution in [-0.4, -0.2) is 11.0 Å². The van der Waals surface area contributed by atoms with Crippen LogP contribution in [-0.2, 0) is 4.79 Å². The smallest absolute Gasteiger partial charge is 0.271 e. The summed E-state index contributed by atoms with van der Waals surface area (Å²) in [4.78, 5) is 31.2. The molecule has 0 saturated heterocycles. The van der Waals surface area contributed by atoms with E-state index in [9.17, 15) is 14.4 Å². The van der Waals surface area contributed by atoms with Gasteiger partial charge in [-0.25, -0.2) is 0 Å². The highest BCUT2D eigenvalue weighted by Crippen LogP contribution is 2.13. The molecule has 2 N–H and O–H groups in total. The maximum Gasteiger partial charge on any atom is 0.271 e. The van der Waals surface area contributed by atoms with Crippen molar-refractivity contribution in [3.8, 4) is 5.75 Å². The van der Waals surface area contributed by atoms with Crippen LogP contribution in [0.1, 0.15) is 6.92 Å². The highest BCUT2D eigenvalue weighted by Gasteiger charge is 2.20. The second kappa shape index (κ2) is 2.19. The number of aromatic hydroxyl groups is 1. The molecule has 0 atom stereocenters. The van der Waals surface area contributed by atoms with Crippen LogP contribution in [0.15, 0.2) is 9.59 Å². The Morgan fingerprint density at radius 3 is 2.27 bits per heavy atom. The standard InChI is InChI=1S/C6H5NO4/c1-2(8)7-3-4(9)6(11)5(3)10/h9H,1H3,(H,7,8). The molecule has 0 aliphatic rings. The van der Waals surface area contributed by atoms with E-state index in [1.165, 1.54) is 6.92 Å². The molecular formula is C6H5NO4. The average molecular weight is 155 g/mol. The second-order valence-electron chi connectivity index (χ2n) is 2.06. The van der Waals surface area contributed by atoms with Gasteiger partial charge in [0.25, 0.3) is 10.9 Å². The molecule has 0 aromatic heterocycles. The first-order valence-electron chi connectivity index (χ1n) is 2.84. The van der Waals surface area contributed by atoms with Crippen molar-refractivity contribution in [1.82, 2.24) is 0 Å². The molecule has 11 heavy (non-hydrogen) atoms. The Kier molecular flexibility index (Phi) is 1.48. The molecule has 5 nitrogen and oxygen atoms in total. The topological polar surface area (TPSA) is 83.5 Å². The van der Waals surface area contributed by atoms with E-state index >= 15 is 0 Å². The Labute approximate surface area is 61.0 Å². The van der Waals surface area contributed by atoms with Gasteiger partial charge in [-0.1, -0.05) is 0 Å². The van der Waals surface area contributed by atoms with Gasteiger partial charge in [0, 0.05) is 6.92 Å². The van der Waals surface area contributed by atoms with Gasteiger partial charge in [0.2, 0.25) is 5.91 Å². The number of carbonyl (C=O) groups excluding carboxylic acids is 1. The van der Waals surface area contributed by atoms with Gasteiger partial charge < -0.3 is 10.4 Å². The lowest BCUT2D eigenvalue weighted by Crippen LogP contribution is -2.34. The summed E-state index contributed by atoms with van der Waals surface area (Å²) < 4.78 is 0. The van der Waals surface area contributed by atoms with E-state index in [1.807, 2.05) is 5.32 Å². The van der Waals surface area contributed by atoms with Crippen molar-refractivity contribution in [2.75, 3.05) is 5.32 Å². The Morgan fingerprint density at radius 2 is 1.91 bits per heavy atom. The third-order valence-electron chi connectivity index (χ3n) is 1.19. The summed E-state index contributed by atoms with van der Waals surface area (Å²) in [6.45, 7) is 1.18. The van der Waals surface area contributed by atoms with Crippen LogP contribution in [0, 0.1) is 0 Å². The van der Waals surface area contributed by atoms with Crippen LogP contribution in [0.5, 0.6) is 5.75 Å². The number of hydrogen-bond acceptors (Lipinski definition) is 4. The number of amides is 1. The molecule has 1 amide bonds. The van der Waals surface area contributed by atoms with Gasteiger partial charge in [0.05, 0.1) is 0 Å². The molecule has 0 aliphatic heterocycles. The van der Waals surface area contributed by atoms with Crippen molar-refractivity contribution < 1.29 is 9.90 Å². The highest BCUT2D eigenvalue weighted by atomic mass is 16.3. The predicted octanol–water partition coefficient (Wildman–Crippen LogP) is -1.05.